The average molecular weight is 517 g/mol. The summed E-state index contributed by atoms with van der Waals surface area (Å²) in [6.45, 7) is 8.11. The van der Waals surface area contributed by atoms with Crippen LogP contribution in [0.2, 0.25) is 0 Å². The topological polar surface area (TPSA) is 83.8 Å². The number of fused-ring (bicyclic) bond motifs is 5. The van der Waals surface area contributed by atoms with E-state index in [9.17, 15) is 19.8 Å². The number of allylic oxidation sites excluding steroid dienone is 4. The molecule has 3 fully saturated rings. The highest BCUT2D eigenvalue weighted by atomic mass is 35.5. The van der Waals surface area contributed by atoms with Crippen molar-refractivity contribution in [1.82, 2.24) is 0 Å². The number of carbonyl (C=O) groups is 2. The third kappa shape index (κ3) is 2.82. The summed E-state index contributed by atoms with van der Waals surface area (Å²) in [5, 5.41) is 21.3. The van der Waals surface area contributed by atoms with Gasteiger partial charge in [0.15, 0.2) is 17.1 Å². The number of ketones is 1. The summed E-state index contributed by atoms with van der Waals surface area (Å²) in [7, 11) is 0. The SMILES string of the molecule is CCC(=O)O[C@]1(C(O)=S)[C@@H](C)C[C@H]2[C@@H]3C[C@H](F)C4=C(Cl)C(=O)C(C)=C[C@]4(C)[C@@]3(F)[C@@H](O)C[C@@]21C. The van der Waals surface area contributed by atoms with Crippen LogP contribution in [0.5, 0.6) is 0 Å². The lowest BCUT2D eigenvalue weighted by Gasteiger charge is -2.63. The monoisotopic (exact) mass is 516 g/mol. The van der Waals surface area contributed by atoms with E-state index in [4.69, 9.17) is 28.6 Å². The fourth-order valence-electron chi connectivity index (χ4n) is 7.90. The molecule has 0 aliphatic heterocycles. The van der Waals surface area contributed by atoms with E-state index in [0.717, 1.165) is 0 Å². The van der Waals surface area contributed by atoms with Crippen LogP contribution >= 0.6 is 23.8 Å². The molecule has 4 aliphatic carbocycles. The first-order valence-electron chi connectivity index (χ1n) is 11.7. The zero-order valence-corrected chi connectivity index (χ0v) is 21.5. The van der Waals surface area contributed by atoms with Crippen LogP contribution in [0.3, 0.4) is 0 Å². The molecule has 4 aliphatic rings. The van der Waals surface area contributed by atoms with Crippen LogP contribution in [0.15, 0.2) is 22.3 Å². The van der Waals surface area contributed by atoms with Crippen LogP contribution in [0.25, 0.3) is 0 Å². The number of rotatable bonds is 3. The lowest BCUT2D eigenvalue weighted by Crippen LogP contribution is -2.71. The first kappa shape index (κ1) is 25.7. The zero-order valence-electron chi connectivity index (χ0n) is 20.0. The number of esters is 1. The van der Waals surface area contributed by atoms with Crippen LogP contribution in [0.4, 0.5) is 8.78 Å². The standard InChI is InChI=1S/C25H31ClF2O5S/c1-6-17(30)33-25(21(32)34)12(3)7-13-14-8-15(27)18-19(26)20(31)11(2)9-23(18,5)24(14,28)16(29)10-22(13,25)4/h9,12-16,29H,6-8,10H2,1-5H3,(H,32,34)/t12-,13-,14-,15-,16-,22-,23-,24-,25-/m0/s1. The van der Waals surface area contributed by atoms with Gasteiger partial charge in [0.1, 0.15) is 6.17 Å². The first-order valence-corrected chi connectivity index (χ1v) is 12.5. The maximum Gasteiger partial charge on any atom is 0.306 e. The Hall–Kier alpha value is -1.38. The Bertz CT molecular complexity index is 1040. The van der Waals surface area contributed by atoms with E-state index in [-0.39, 0.29) is 35.4 Å². The normalized spacial score (nSPS) is 48.0. The molecule has 9 heteroatoms. The Morgan fingerprint density at radius 2 is 1.94 bits per heavy atom. The second-order valence-electron chi connectivity index (χ2n) is 10.9. The number of hydrogen-bond donors (Lipinski definition) is 2. The number of aliphatic hydroxyl groups excluding tert-OH is 2. The van der Waals surface area contributed by atoms with Gasteiger partial charge in [-0.1, -0.05) is 38.4 Å². The molecule has 0 heterocycles. The Kier molecular flexibility index (Phi) is 5.90. The summed E-state index contributed by atoms with van der Waals surface area (Å²) in [5.41, 5.74) is -6.65. The van der Waals surface area contributed by atoms with Gasteiger partial charge in [0.25, 0.3) is 0 Å². The molecule has 0 aromatic carbocycles. The van der Waals surface area contributed by atoms with Gasteiger partial charge in [-0.05, 0) is 62.4 Å². The quantitative estimate of drug-likeness (QED) is 0.402. The number of hydrogen-bond acceptors (Lipinski definition) is 5. The van der Waals surface area contributed by atoms with Gasteiger partial charge in [-0.15, -0.1) is 0 Å². The Balaban J connectivity index is 1.91. The van der Waals surface area contributed by atoms with Gasteiger partial charge in [0.05, 0.1) is 11.1 Å². The summed E-state index contributed by atoms with van der Waals surface area (Å²) in [4.78, 5) is 24.9. The molecule has 0 bridgehead atoms. The van der Waals surface area contributed by atoms with Crippen molar-refractivity contribution in [1.29, 1.82) is 0 Å². The van der Waals surface area contributed by atoms with Gasteiger partial charge in [-0.3, -0.25) is 9.59 Å². The highest BCUT2D eigenvalue weighted by molar-refractivity contribution is 7.80. The molecular formula is C25H31ClF2O5S. The molecule has 0 aromatic rings. The smallest absolute Gasteiger partial charge is 0.306 e. The molecule has 0 aromatic heterocycles. The van der Waals surface area contributed by atoms with Crippen molar-refractivity contribution in [3.8, 4) is 0 Å². The molecule has 5 nitrogen and oxygen atoms in total. The summed E-state index contributed by atoms with van der Waals surface area (Å²) < 4.78 is 39.0. The number of thiocarbonyl (C=S) groups is 1. The fraction of sp³-hybridized carbons (Fsp3) is 0.720. The van der Waals surface area contributed by atoms with E-state index in [1.807, 2.05) is 0 Å². The number of carbonyl (C=O) groups excluding carboxylic acids is 2. The molecule has 4 rings (SSSR count). The van der Waals surface area contributed by atoms with Crippen LogP contribution < -0.4 is 0 Å². The molecule has 2 N–H and O–H groups in total. The molecule has 0 radical (unpaired) electrons. The maximum atomic E-state index is 17.4. The van der Waals surface area contributed by atoms with E-state index in [0.29, 0.717) is 6.42 Å². The van der Waals surface area contributed by atoms with Crippen molar-refractivity contribution in [3.63, 3.8) is 0 Å². The molecule has 0 amide bonds. The van der Waals surface area contributed by atoms with Crippen molar-refractivity contribution in [2.75, 3.05) is 0 Å². The predicted molar refractivity (Wildman–Crippen MR) is 127 cm³/mol. The van der Waals surface area contributed by atoms with E-state index < -0.39 is 68.9 Å². The van der Waals surface area contributed by atoms with Crippen LogP contribution in [0, 0.1) is 28.6 Å². The fourth-order valence-corrected chi connectivity index (χ4v) is 8.84. The average Bonchev–Trinajstić information content (AvgIpc) is 2.96. The number of halogens is 3. The number of Topliss-reactive ketones (excluding diaryl/α,β-unsaturated/α-hetero) is 1. The maximum absolute atomic E-state index is 17.4. The highest BCUT2D eigenvalue weighted by Gasteiger charge is 2.78. The summed E-state index contributed by atoms with van der Waals surface area (Å²) in [6, 6.07) is 0. The largest absolute Gasteiger partial charge is 0.499 e. The number of ether oxygens (including phenoxy) is 1. The van der Waals surface area contributed by atoms with Crippen LogP contribution in [-0.2, 0) is 14.3 Å². The molecule has 0 spiro atoms. The zero-order chi connectivity index (χ0) is 25.6. The van der Waals surface area contributed by atoms with Crippen LogP contribution in [0.1, 0.15) is 60.3 Å². The van der Waals surface area contributed by atoms with Gasteiger partial charge in [0, 0.05) is 29.1 Å². The van der Waals surface area contributed by atoms with Crippen LogP contribution in [-0.4, -0.2) is 50.6 Å². The molecule has 0 unspecified atom stereocenters. The summed E-state index contributed by atoms with van der Waals surface area (Å²) in [5.74, 6) is -3.16. The predicted octanol–water partition coefficient (Wildman–Crippen LogP) is 5.09. The first-order chi connectivity index (χ1) is 15.6. The Morgan fingerprint density at radius 3 is 2.50 bits per heavy atom. The molecule has 34 heavy (non-hydrogen) atoms. The molecular weight excluding hydrogens is 486 g/mol. The van der Waals surface area contributed by atoms with Gasteiger partial charge in [0.2, 0.25) is 5.05 Å². The third-order valence-electron chi connectivity index (χ3n) is 9.41. The van der Waals surface area contributed by atoms with Crippen molar-refractivity contribution in [3.05, 3.63) is 22.3 Å². The molecule has 9 atom stereocenters. The Morgan fingerprint density at radius 1 is 1.32 bits per heavy atom. The highest BCUT2D eigenvalue weighted by Crippen LogP contribution is 2.72. The minimum atomic E-state index is -2.33. The van der Waals surface area contributed by atoms with Gasteiger partial charge in [-0.25, -0.2) is 8.78 Å². The lowest BCUT2D eigenvalue weighted by atomic mass is 9.44. The van der Waals surface area contributed by atoms with E-state index >= 15 is 8.78 Å². The molecule has 3 saturated carbocycles. The van der Waals surface area contributed by atoms with E-state index in [1.165, 1.54) is 19.9 Å². The number of aliphatic hydroxyl groups is 2. The van der Waals surface area contributed by atoms with Gasteiger partial charge >= 0.3 is 5.97 Å². The second-order valence-corrected chi connectivity index (χ2v) is 11.7. The summed E-state index contributed by atoms with van der Waals surface area (Å²) >= 11 is 11.5. The summed E-state index contributed by atoms with van der Waals surface area (Å²) in [6.07, 6.45) is -2.02. The number of alkyl halides is 2. The van der Waals surface area contributed by atoms with Crippen molar-refractivity contribution >= 4 is 40.6 Å². The molecule has 0 saturated heterocycles. The van der Waals surface area contributed by atoms with E-state index in [1.54, 1.807) is 20.8 Å². The molecule has 188 valence electrons. The second kappa shape index (κ2) is 7.81. The van der Waals surface area contributed by atoms with Crippen molar-refractivity contribution < 1.29 is 33.3 Å². The van der Waals surface area contributed by atoms with Crippen molar-refractivity contribution in [2.45, 2.75) is 83.8 Å². The lowest BCUT2D eigenvalue weighted by molar-refractivity contribution is -0.222. The minimum Gasteiger partial charge on any atom is -0.499 e. The Labute approximate surface area is 208 Å². The van der Waals surface area contributed by atoms with E-state index in [2.05, 4.69) is 0 Å². The third-order valence-corrected chi connectivity index (χ3v) is 10.1. The van der Waals surface area contributed by atoms with Crippen molar-refractivity contribution in [2.24, 2.45) is 28.6 Å². The van der Waals surface area contributed by atoms with Gasteiger partial charge < -0.3 is 14.9 Å². The van der Waals surface area contributed by atoms with Gasteiger partial charge in [-0.2, -0.15) is 0 Å². The minimum absolute atomic E-state index is 0.0479.